The standard InChI is InChI=1S/C21H20BrClN2O3/c1-9-6-14(22)15(23)8-16(9)24-17(26)4-5-25-20(27)18-10-2-3-11(13-7-12(10)13)19(18)21(25)28/h2-3,6,8,10-13,18-19H,4-5,7H2,1H3,(H,24,26)/t10-,11-,12-,13-,18+,19+/m0/s1. The largest absolute Gasteiger partial charge is 0.326 e. The normalized spacial score (nSPS) is 34.5. The molecule has 1 N–H and O–H groups in total. The molecule has 5 nitrogen and oxygen atoms in total. The first kappa shape index (κ1) is 18.4. The number of benzene rings is 1. The predicted octanol–water partition coefficient (Wildman–Crippen LogP) is 3.79. The highest BCUT2D eigenvalue weighted by atomic mass is 79.9. The molecule has 2 bridgehead atoms. The van der Waals surface area contributed by atoms with Crippen LogP contribution in [0.5, 0.6) is 0 Å². The fourth-order valence-corrected chi connectivity index (χ4v) is 6.07. The molecule has 4 aliphatic carbocycles. The zero-order valence-corrected chi connectivity index (χ0v) is 17.7. The summed E-state index contributed by atoms with van der Waals surface area (Å²) in [7, 11) is 0. The highest BCUT2D eigenvalue weighted by Gasteiger charge is 2.66. The van der Waals surface area contributed by atoms with E-state index in [4.69, 9.17) is 11.6 Å². The molecule has 1 aromatic carbocycles. The van der Waals surface area contributed by atoms with E-state index in [1.54, 1.807) is 6.07 Å². The van der Waals surface area contributed by atoms with Gasteiger partial charge in [0, 0.05) is 23.1 Å². The SMILES string of the molecule is Cc1cc(Br)c(Cl)cc1NC(=O)CCN1C(=O)[C@@H]2[C@H]3C=C[C@@H]([C@@H]4C[C@@H]34)[C@H]2C1=O. The summed E-state index contributed by atoms with van der Waals surface area (Å²) in [6, 6.07) is 3.53. The van der Waals surface area contributed by atoms with Crippen LogP contribution in [0.15, 0.2) is 28.8 Å². The first-order valence-corrected chi connectivity index (χ1v) is 10.8. The smallest absolute Gasteiger partial charge is 0.233 e. The molecule has 146 valence electrons. The molecule has 7 heteroatoms. The lowest BCUT2D eigenvalue weighted by atomic mass is 9.63. The molecule has 6 atom stereocenters. The first-order valence-electron chi connectivity index (χ1n) is 9.66. The van der Waals surface area contributed by atoms with E-state index >= 15 is 0 Å². The minimum Gasteiger partial charge on any atom is -0.326 e. The van der Waals surface area contributed by atoms with Crippen molar-refractivity contribution in [2.24, 2.45) is 35.5 Å². The van der Waals surface area contributed by atoms with Crippen LogP contribution in [0, 0.1) is 42.4 Å². The Bertz CT molecular complexity index is 910. The number of amides is 3. The van der Waals surface area contributed by atoms with Crippen LogP contribution in [0.4, 0.5) is 5.69 Å². The molecule has 1 aliphatic heterocycles. The average Bonchev–Trinajstić information content (AvgIpc) is 3.43. The lowest BCUT2D eigenvalue weighted by Crippen LogP contribution is -2.40. The summed E-state index contributed by atoms with van der Waals surface area (Å²) in [5.41, 5.74) is 1.51. The second-order valence-electron chi connectivity index (χ2n) is 8.36. The lowest BCUT2D eigenvalue weighted by molar-refractivity contribution is -0.140. The molecule has 0 radical (unpaired) electrons. The van der Waals surface area contributed by atoms with E-state index in [-0.39, 0.29) is 54.4 Å². The summed E-state index contributed by atoms with van der Waals surface area (Å²) in [6.07, 6.45) is 5.54. The Kier molecular flexibility index (Phi) is 4.22. The van der Waals surface area contributed by atoms with Gasteiger partial charge in [0.05, 0.1) is 16.9 Å². The average molecular weight is 464 g/mol. The van der Waals surface area contributed by atoms with Gasteiger partial charge >= 0.3 is 0 Å². The number of aryl methyl sites for hydroxylation is 1. The van der Waals surface area contributed by atoms with E-state index < -0.39 is 0 Å². The number of allylic oxidation sites excluding steroid dienone is 2. The van der Waals surface area contributed by atoms with Crippen LogP contribution in [0.25, 0.3) is 0 Å². The van der Waals surface area contributed by atoms with Crippen molar-refractivity contribution in [1.29, 1.82) is 0 Å². The third-order valence-electron chi connectivity index (χ3n) is 6.86. The summed E-state index contributed by atoms with van der Waals surface area (Å²) in [5, 5.41) is 3.34. The van der Waals surface area contributed by atoms with E-state index in [0.29, 0.717) is 22.5 Å². The maximum atomic E-state index is 12.9. The first-order chi connectivity index (χ1) is 13.4. The third-order valence-corrected chi connectivity index (χ3v) is 8.06. The van der Waals surface area contributed by atoms with Gasteiger partial charge in [-0.15, -0.1) is 0 Å². The van der Waals surface area contributed by atoms with Crippen LogP contribution in [0.2, 0.25) is 5.02 Å². The van der Waals surface area contributed by atoms with E-state index in [1.807, 2.05) is 13.0 Å². The van der Waals surface area contributed by atoms with Crippen LogP contribution < -0.4 is 5.32 Å². The second-order valence-corrected chi connectivity index (χ2v) is 9.62. The highest BCUT2D eigenvalue weighted by Crippen LogP contribution is 2.65. The van der Waals surface area contributed by atoms with Gasteiger partial charge in [0.1, 0.15) is 0 Å². The maximum Gasteiger partial charge on any atom is 0.233 e. The van der Waals surface area contributed by atoms with E-state index in [2.05, 4.69) is 33.4 Å². The number of likely N-dealkylation sites (tertiary alicyclic amines) is 1. The van der Waals surface area contributed by atoms with Gasteiger partial charge in [-0.25, -0.2) is 0 Å². The number of nitrogens with one attached hydrogen (secondary N) is 1. The summed E-state index contributed by atoms with van der Waals surface area (Å²) < 4.78 is 0.766. The third kappa shape index (κ3) is 2.68. The summed E-state index contributed by atoms with van der Waals surface area (Å²) in [5.74, 6) is 0.767. The Balaban J connectivity index is 1.25. The van der Waals surface area contributed by atoms with Crippen LogP contribution in [-0.4, -0.2) is 29.2 Å². The molecule has 1 heterocycles. The number of hydrogen-bond acceptors (Lipinski definition) is 3. The lowest BCUT2D eigenvalue weighted by Gasteiger charge is -2.37. The molecular weight excluding hydrogens is 444 g/mol. The van der Waals surface area contributed by atoms with Crippen LogP contribution in [-0.2, 0) is 14.4 Å². The summed E-state index contributed by atoms with van der Waals surface area (Å²) >= 11 is 9.46. The second kappa shape index (κ2) is 6.42. The van der Waals surface area contributed by atoms with Gasteiger partial charge in [0.25, 0.3) is 0 Å². The van der Waals surface area contributed by atoms with E-state index in [0.717, 1.165) is 16.5 Å². The molecule has 0 spiro atoms. The zero-order valence-electron chi connectivity index (χ0n) is 15.3. The van der Waals surface area contributed by atoms with Gasteiger partial charge in [0.2, 0.25) is 17.7 Å². The van der Waals surface area contributed by atoms with Crippen molar-refractivity contribution in [3.63, 3.8) is 0 Å². The molecule has 3 amide bonds. The fourth-order valence-electron chi connectivity index (χ4n) is 5.45. The van der Waals surface area contributed by atoms with Crippen molar-refractivity contribution < 1.29 is 14.4 Å². The minimum atomic E-state index is -0.235. The number of rotatable bonds is 4. The van der Waals surface area contributed by atoms with E-state index in [1.165, 1.54) is 4.90 Å². The number of imide groups is 1. The van der Waals surface area contributed by atoms with Crippen molar-refractivity contribution in [3.05, 3.63) is 39.3 Å². The molecule has 2 saturated carbocycles. The molecule has 3 fully saturated rings. The Morgan fingerprint density at radius 3 is 2.39 bits per heavy atom. The Morgan fingerprint density at radius 1 is 1.18 bits per heavy atom. The molecule has 1 aromatic rings. The van der Waals surface area contributed by atoms with Gasteiger partial charge in [-0.1, -0.05) is 23.8 Å². The van der Waals surface area contributed by atoms with Crippen molar-refractivity contribution >= 4 is 50.9 Å². The number of carbonyl (C=O) groups excluding carboxylic acids is 3. The highest BCUT2D eigenvalue weighted by molar-refractivity contribution is 9.10. The Morgan fingerprint density at radius 2 is 1.79 bits per heavy atom. The zero-order chi connectivity index (χ0) is 19.7. The minimum absolute atomic E-state index is 0.0830. The molecule has 6 rings (SSSR count). The van der Waals surface area contributed by atoms with Crippen molar-refractivity contribution in [2.75, 3.05) is 11.9 Å². The molecular formula is C21H20BrClN2O3. The maximum absolute atomic E-state index is 12.9. The van der Waals surface area contributed by atoms with Crippen LogP contribution in [0.3, 0.4) is 0 Å². The molecule has 28 heavy (non-hydrogen) atoms. The number of halogens is 2. The molecule has 1 saturated heterocycles. The van der Waals surface area contributed by atoms with Gasteiger partial charge in [0.15, 0.2) is 0 Å². The Hall–Kier alpha value is -1.66. The van der Waals surface area contributed by atoms with Crippen molar-refractivity contribution in [1.82, 2.24) is 4.90 Å². The molecule has 0 unspecified atom stereocenters. The number of nitrogens with zero attached hydrogens (tertiary/aromatic N) is 1. The van der Waals surface area contributed by atoms with Crippen molar-refractivity contribution in [2.45, 2.75) is 19.8 Å². The van der Waals surface area contributed by atoms with E-state index in [9.17, 15) is 14.4 Å². The van der Waals surface area contributed by atoms with Crippen LogP contribution in [0.1, 0.15) is 18.4 Å². The number of anilines is 1. The van der Waals surface area contributed by atoms with Gasteiger partial charge in [-0.05, 0) is 70.6 Å². The Labute approximate surface area is 176 Å². The number of carbonyl (C=O) groups is 3. The molecule has 5 aliphatic rings. The summed E-state index contributed by atoms with van der Waals surface area (Å²) in [4.78, 5) is 39.6. The van der Waals surface area contributed by atoms with Gasteiger partial charge in [-0.3, -0.25) is 19.3 Å². The van der Waals surface area contributed by atoms with Crippen LogP contribution >= 0.6 is 27.5 Å². The fraction of sp³-hybridized carbons (Fsp3) is 0.476. The quantitative estimate of drug-likeness (QED) is 0.546. The van der Waals surface area contributed by atoms with Crippen molar-refractivity contribution in [3.8, 4) is 0 Å². The topological polar surface area (TPSA) is 66.5 Å². The van der Waals surface area contributed by atoms with Gasteiger partial charge in [-0.2, -0.15) is 0 Å². The monoisotopic (exact) mass is 462 g/mol. The number of hydrogen-bond donors (Lipinski definition) is 1. The summed E-state index contributed by atoms with van der Waals surface area (Å²) in [6.45, 7) is 2.01. The van der Waals surface area contributed by atoms with Gasteiger partial charge < -0.3 is 5.32 Å². The molecule has 0 aromatic heterocycles. The predicted molar refractivity (Wildman–Crippen MR) is 109 cm³/mol.